The highest BCUT2D eigenvalue weighted by Crippen LogP contribution is 2.46. The van der Waals surface area contributed by atoms with Crippen molar-refractivity contribution in [3.05, 3.63) is 188 Å². The Hall–Kier alpha value is -7.69. The third-order valence-corrected chi connectivity index (χ3v) is 11.5. The summed E-state index contributed by atoms with van der Waals surface area (Å²) in [6.07, 6.45) is 0. The molecule has 0 radical (unpaired) electrons. The zero-order chi connectivity index (χ0) is 37.5. The molecule has 264 valence electrons. The summed E-state index contributed by atoms with van der Waals surface area (Å²) < 4.78 is 7.04. The third kappa shape index (κ3) is 4.98. The average Bonchev–Trinajstić information content (AvgIpc) is 3.66. The third-order valence-electron chi connectivity index (χ3n) is 11.5. The van der Waals surface area contributed by atoms with E-state index in [0.29, 0.717) is 17.5 Å². The normalized spacial score (nSPS) is 11.9. The van der Waals surface area contributed by atoms with E-state index in [-0.39, 0.29) is 0 Å². The zero-order valence-corrected chi connectivity index (χ0v) is 30.6. The second-order valence-corrected chi connectivity index (χ2v) is 14.7. The summed E-state index contributed by atoms with van der Waals surface area (Å²) >= 11 is 0. The predicted octanol–water partition coefficient (Wildman–Crippen LogP) is 14.2. The molecule has 10 aromatic carbocycles. The van der Waals surface area contributed by atoms with E-state index in [0.717, 1.165) is 76.5 Å². The molecule has 0 saturated carbocycles. The summed E-state index contributed by atoms with van der Waals surface area (Å²) in [6.45, 7) is 0. The largest absolute Gasteiger partial charge is 0.455 e. The van der Waals surface area contributed by atoms with Crippen LogP contribution in [0.5, 0.6) is 0 Å². The molecule has 0 amide bonds. The quantitative estimate of drug-likeness (QED) is 0.170. The van der Waals surface area contributed by atoms with Crippen molar-refractivity contribution >= 4 is 75.8 Å². The van der Waals surface area contributed by atoms with Crippen molar-refractivity contribution < 1.29 is 4.42 Å². The van der Waals surface area contributed by atoms with Gasteiger partial charge in [-0.15, -0.1) is 0 Å². The number of hydrogen-bond acceptors (Lipinski definition) is 4. The van der Waals surface area contributed by atoms with Crippen LogP contribution in [0.15, 0.2) is 192 Å². The van der Waals surface area contributed by atoms with E-state index in [1.165, 1.54) is 27.1 Å². The Bertz CT molecular complexity index is 3560. The van der Waals surface area contributed by atoms with Crippen molar-refractivity contribution in [3.8, 4) is 45.3 Å². The van der Waals surface area contributed by atoms with Gasteiger partial charge in [-0.2, -0.15) is 0 Å². The molecule has 0 saturated heterocycles. The second-order valence-electron chi connectivity index (χ2n) is 14.7. The highest BCUT2D eigenvalue weighted by molar-refractivity contribution is 6.34. The molecular formula is C53H31N3O. The van der Waals surface area contributed by atoms with Crippen molar-refractivity contribution in [3.63, 3.8) is 0 Å². The molecule has 0 fully saturated rings. The van der Waals surface area contributed by atoms with Crippen LogP contribution < -0.4 is 0 Å². The molecule has 0 unspecified atom stereocenters. The highest BCUT2D eigenvalue weighted by atomic mass is 16.3. The summed E-state index contributed by atoms with van der Waals surface area (Å²) in [4.78, 5) is 15.7. The Morgan fingerprint density at radius 2 is 0.825 bits per heavy atom. The van der Waals surface area contributed by atoms with Gasteiger partial charge in [0.05, 0.1) is 0 Å². The first-order valence-electron chi connectivity index (χ1n) is 19.3. The Balaban J connectivity index is 1.16. The molecule has 4 heteroatoms. The molecule has 12 aromatic rings. The lowest BCUT2D eigenvalue weighted by atomic mass is 9.90. The molecule has 2 heterocycles. The van der Waals surface area contributed by atoms with Gasteiger partial charge in [0.25, 0.3) is 0 Å². The van der Waals surface area contributed by atoms with Crippen molar-refractivity contribution in [2.45, 2.75) is 0 Å². The lowest BCUT2D eigenvalue weighted by Gasteiger charge is -2.14. The van der Waals surface area contributed by atoms with Crippen LogP contribution in [0, 0.1) is 0 Å². The smallest absolute Gasteiger partial charge is 0.164 e. The molecule has 12 rings (SSSR count). The van der Waals surface area contributed by atoms with Crippen LogP contribution in [0.2, 0.25) is 0 Å². The molecule has 4 nitrogen and oxygen atoms in total. The van der Waals surface area contributed by atoms with E-state index < -0.39 is 0 Å². The predicted molar refractivity (Wildman–Crippen MR) is 236 cm³/mol. The fourth-order valence-electron chi connectivity index (χ4n) is 8.80. The number of furan rings is 1. The monoisotopic (exact) mass is 725 g/mol. The zero-order valence-electron chi connectivity index (χ0n) is 30.6. The lowest BCUT2D eigenvalue weighted by molar-refractivity contribution is 0.673. The molecular weight excluding hydrogens is 695 g/mol. The number of nitrogens with zero attached hydrogens (tertiary/aromatic N) is 3. The molecule has 0 N–H and O–H groups in total. The molecule has 0 aliphatic heterocycles. The minimum Gasteiger partial charge on any atom is -0.455 e. The van der Waals surface area contributed by atoms with E-state index in [9.17, 15) is 0 Å². The van der Waals surface area contributed by atoms with E-state index in [1.54, 1.807) is 0 Å². The van der Waals surface area contributed by atoms with Crippen molar-refractivity contribution in [2.75, 3.05) is 0 Å². The first kappa shape index (κ1) is 31.6. The number of fused-ring (bicyclic) bond motifs is 12. The van der Waals surface area contributed by atoms with Crippen LogP contribution in [0.25, 0.3) is 121 Å². The number of rotatable bonds is 4. The van der Waals surface area contributed by atoms with Gasteiger partial charge in [-0.25, -0.2) is 15.0 Å². The first-order valence-corrected chi connectivity index (χ1v) is 19.3. The van der Waals surface area contributed by atoms with Crippen LogP contribution in [-0.4, -0.2) is 15.0 Å². The topological polar surface area (TPSA) is 51.8 Å². The van der Waals surface area contributed by atoms with Gasteiger partial charge in [-0.3, -0.25) is 0 Å². The average molecular weight is 726 g/mol. The molecule has 2 aromatic heterocycles. The van der Waals surface area contributed by atoms with Crippen molar-refractivity contribution in [1.82, 2.24) is 15.0 Å². The van der Waals surface area contributed by atoms with E-state index in [4.69, 9.17) is 19.4 Å². The van der Waals surface area contributed by atoms with Crippen LogP contribution in [0.1, 0.15) is 0 Å². The van der Waals surface area contributed by atoms with Gasteiger partial charge in [0.1, 0.15) is 11.2 Å². The number of hydrogen-bond donors (Lipinski definition) is 0. The first-order chi connectivity index (χ1) is 28.2. The maximum absolute atomic E-state index is 7.04. The Morgan fingerprint density at radius 3 is 1.56 bits per heavy atom. The van der Waals surface area contributed by atoms with Gasteiger partial charge in [0, 0.05) is 32.8 Å². The highest BCUT2D eigenvalue weighted by Gasteiger charge is 2.23. The molecule has 57 heavy (non-hydrogen) atoms. The summed E-state index contributed by atoms with van der Waals surface area (Å²) in [5, 5.41) is 13.6. The van der Waals surface area contributed by atoms with Gasteiger partial charge in [-0.1, -0.05) is 170 Å². The van der Waals surface area contributed by atoms with E-state index >= 15 is 0 Å². The number of aromatic nitrogens is 3. The molecule has 0 aliphatic carbocycles. The van der Waals surface area contributed by atoms with Crippen LogP contribution >= 0.6 is 0 Å². The molecule has 0 aliphatic rings. The van der Waals surface area contributed by atoms with Crippen LogP contribution in [-0.2, 0) is 0 Å². The van der Waals surface area contributed by atoms with Gasteiger partial charge >= 0.3 is 0 Å². The Kier molecular flexibility index (Phi) is 6.89. The van der Waals surface area contributed by atoms with Gasteiger partial charge in [0.2, 0.25) is 0 Å². The summed E-state index contributed by atoms with van der Waals surface area (Å²) in [5.74, 6) is 1.82. The minimum absolute atomic E-state index is 0.594. The van der Waals surface area contributed by atoms with Gasteiger partial charge in [0.15, 0.2) is 17.5 Å². The minimum atomic E-state index is 0.594. The molecule has 0 atom stereocenters. The molecule has 0 bridgehead atoms. The Labute approximate surface area is 327 Å². The fourth-order valence-corrected chi connectivity index (χ4v) is 8.80. The van der Waals surface area contributed by atoms with Crippen molar-refractivity contribution in [1.29, 1.82) is 0 Å². The second kappa shape index (κ2) is 12.4. The van der Waals surface area contributed by atoms with Gasteiger partial charge in [-0.05, 0) is 77.8 Å². The standard InChI is InChI=1S/C53H31N3O/c1-2-14-34(15-3-1)51-54-52(35-27-25-33(26-28-35)39-24-12-18-32-13-6-7-19-38(32)39)56-53(55-51)46-31-44-42-22-9-8-20-40(42)41-21-10-11-23-43(41)48(44)50-49(46)45-29-36-16-4-5-17-37(36)30-47(45)57-50/h1-31H. The van der Waals surface area contributed by atoms with Crippen molar-refractivity contribution in [2.24, 2.45) is 0 Å². The molecule has 0 spiro atoms. The number of benzene rings is 10. The van der Waals surface area contributed by atoms with Crippen LogP contribution in [0.3, 0.4) is 0 Å². The maximum Gasteiger partial charge on any atom is 0.164 e. The van der Waals surface area contributed by atoms with Crippen LogP contribution in [0.4, 0.5) is 0 Å². The summed E-state index contributed by atoms with van der Waals surface area (Å²) in [7, 11) is 0. The summed E-state index contributed by atoms with van der Waals surface area (Å²) in [6, 6.07) is 66.2. The maximum atomic E-state index is 7.04. The van der Waals surface area contributed by atoms with E-state index in [1.807, 2.05) is 18.2 Å². The fraction of sp³-hybridized carbons (Fsp3) is 0. The van der Waals surface area contributed by atoms with Gasteiger partial charge < -0.3 is 4.42 Å². The summed E-state index contributed by atoms with van der Waals surface area (Å²) in [5.41, 5.74) is 6.73. The lowest BCUT2D eigenvalue weighted by Crippen LogP contribution is -2.00. The van der Waals surface area contributed by atoms with E-state index in [2.05, 4.69) is 170 Å². The SMILES string of the molecule is c1ccc(-c2nc(-c3ccc(-c4cccc5ccccc45)cc3)nc(-c3cc4c5ccccc5c5ccccc5c4c4oc5cc6ccccc6cc5c34)n2)cc1. The Morgan fingerprint density at radius 1 is 0.298 bits per heavy atom.